The molecule has 0 spiro atoms. The summed E-state index contributed by atoms with van der Waals surface area (Å²) < 4.78 is 5.36. The number of hydrogen-bond donors (Lipinski definition) is 3. The van der Waals surface area contributed by atoms with Crippen LogP contribution in [0, 0.1) is 12.8 Å². The molecule has 3 rings (SSSR count). The normalized spacial score (nSPS) is 21.1. The van der Waals surface area contributed by atoms with Crippen LogP contribution in [0.2, 0.25) is 0 Å². The number of pyridine rings is 1. The van der Waals surface area contributed by atoms with Crippen molar-refractivity contribution in [2.75, 3.05) is 10.6 Å². The fourth-order valence-corrected chi connectivity index (χ4v) is 3.05. The van der Waals surface area contributed by atoms with Gasteiger partial charge in [-0.3, -0.25) is 14.6 Å². The van der Waals surface area contributed by atoms with Crippen LogP contribution in [-0.4, -0.2) is 40.1 Å². The van der Waals surface area contributed by atoms with Crippen LogP contribution in [0.5, 0.6) is 0 Å². The van der Waals surface area contributed by atoms with E-state index in [2.05, 4.69) is 15.6 Å². The summed E-state index contributed by atoms with van der Waals surface area (Å²) in [6.45, 7) is 3.58. The molecule has 1 aliphatic heterocycles. The monoisotopic (exact) mass is 383 g/mol. The summed E-state index contributed by atoms with van der Waals surface area (Å²) in [5.41, 5.74) is 2.34. The lowest BCUT2D eigenvalue weighted by molar-refractivity contribution is -0.152. The number of carbonyl (C=O) groups is 3. The molecular formula is C20H21N3O5. The Labute approximate surface area is 161 Å². The molecule has 3 N–H and O–H groups in total. The lowest BCUT2D eigenvalue weighted by atomic mass is 10.0. The Morgan fingerprint density at radius 2 is 1.86 bits per heavy atom. The molecule has 2 heterocycles. The number of benzene rings is 1. The van der Waals surface area contributed by atoms with E-state index in [4.69, 9.17) is 9.84 Å². The molecule has 0 unspecified atom stereocenters. The van der Waals surface area contributed by atoms with Crippen molar-refractivity contribution in [3.05, 3.63) is 53.9 Å². The first kappa shape index (κ1) is 19.5. The van der Waals surface area contributed by atoms with E-state index in [1.807, 2.05) is 6.92 Å². The molecule has 0 saturated carbocycles. The summed E-state index contributed by atoms with van der Waals surface area (Å²) in [7, 11) is 0. The van der Waals surface area contributed by atoms with E-state index in [-0.39, 0.29) is 11.8 Å². The van der Waals surface area contributed by atoms with Crippen molar-refractivity contribution in [2.24, 2.45) is 5.92 Å². The number of anilines is 2. The molecule has 0 bridgehead atoms. The average molecular weight is 383 g/mol. The van der Waals surface area contributed by atoms with Crippen LogP contribution in [0.4, 0.5) is 11.4 Å². The number of nitrogens with zero attached hydrogens (tertiary/aromatic N) is 1. The fourth-order valence-electron chi connectivity index (χ4n) is 3.05. The van der Waals surface area contributed by atoms with E-state index in [0.717, 1.165) is 5.56 Å². The highest BCUT2D eigenvalue weighted by molar-refractivity contribution is 6.05. The molecule has 0 radical (unpaired) electrons. The zero-order valence-electron chi connectivity index (χ0n) is 15.5. The Balaban J connectivity index is 1.69. The van der Waals surface area contributed by atoms with Crippen molar-refractivity contribution in [1.29, 1.82) is 0 Å². The van der Waals surface area contributed by atoms with Crippen LogP contribution in [0.25, 0.3) is 0 Å². The Hall–Kier alpha value is -3.26. The van der Waals surface area contributed by atoms with Gasteiger partial charge in [0.15, 0.2) is 6.10 Å². The summed E-state index contributed by atoms with van der Waals surface area (Å²) in [5, 5.41) is 14.7. The first-order valence-electron chi connectivity index (χ1n) is 8.86. The molecule has 146 valence electrons. The number of carboxylic acids is 1. The first-order valence-corrected chi connectivity index (χ1v) is 8.86. The number of aryl methyl sites for hydroxylation is 1. The number of carboxylic acid groups (broad SMARTS) is 1. The van der Waals surface area contributed by atoms with Gasteiger partial charge in [0, 0.05) is 29.3 Å². The van der Waals surface area contributed by atoms with Gasteiger partial charge in [0.05, 0.1) is 0 Å². The predicted octanol–water partition coefficient (Wildman–Crippen LogP) is 2.46. The molecular weight excluding hydrogens is 362 g/mol. The minimum Gasteiger partial charge on any atom is -0.479 e. The molecule has 2 amide bonds. The fraction of sp³-hybridized carbons (Fsp3) is 0.300. The van der Waals surface area contributed by atoms with E-state index < -0.39 is 24.1 Å². The quantitative estimate of drug-likeness (QED) is 0.730. The predicted molar refractivity (Wildman–Crippen MR) is 102 cm³/mol. The highest BCUT2D eigenvalue weighted by Crippen LogP contribution is 2.28. The van der Waals surface area contributed by atoms with Crippen LogP contribution in [0.1, 0.15) is 29.3 Å². The zero-order valence-corrected chi connectivity index (χ0v) is 15.5. The van der Waals surface area contributed by atoms with E-state index in [0.29, 0.717) is 23.4 Å². The zero-order chi connectivity index (χ0) is 20.3. The van der Waals surface area contributed by atoms with E-state index in [1.165, 1.54) is 12.4 Å². The highest BCUT2D eigenvalue weighted by atomic mass is 16.5. The van der Waals surface area contributed by atoms with Gasteiger partial charge < -0.3 is 20.5 Å². The Bertz CT molecular complexity index is 900. The molecule has 28 heavy (non-hydrogen) atoms. The molecule has 1 saturated heterocycles. The lowest BCUT2D eigenvalue weighted by Crippen LogP contribution is -2.30. The third-order valence-corrected chi connectivity index (χ3v) is 4.65. The lowest BCUT2D eigenvalue weighted by Gasteiger charge is -2.14. The molecule has 1 aliphatic rings. The largest absolute Gasteiger partial charge is 0.479 e. The minimum atomic E-state index is -1.07. The van der Waals surface area contributed by atoms with Gasteiger partial charge in [-0.25, -0.2) is 4.79 Å². The van der Waals surface area contributed by atoms with Gasteiger partial charge in [-0.15, -0.1) is 0 Å². The molecule has 8 nitrogen and oxygen atoms in total. The van der Waals surface area contributed by atoms with Gasteiger partial charge in [0.25, 0.3) is 11.8 Å². The third-order valence-electron chi connectivity index (χ3n) is 4.65. The second-order valence-electron chi connectivity index (χ2n) is 6.81. The number of nitrogens with one attached hydrogen (secondary N) is 2. The van der Waals surface area contributed by atoms with Crippen LogP contribution >= 0.6 is 0 Å². The van der Waals surface area contributed by atoms with Crippen molar-refractivity contribution in [1.82, 2.24) is 4.98 Å². The number of aromatic nitrogens is 1. The third kappa shape index (κ3) is 4.34. The molecule has 0 aliphatic carbocycles. The van der Waals surface area contributed by atoms with E-state index in [1.54, 1.807) is 37.3 Å². The van der Waals surface area contributed by atoms with Gasteiger partial charge >= 0.3 is 5.97 Å². The van der Waals surface area contributed by atoms with E-state index >= 15 is 0 Å². The summed E-state index contributed by atoms with van der Waals surface area (Å²) in [6.07, 6.45) is 1.59. The standard InChI is InChI=1S/C20H21N3O5/c1-11-3-4-14(10-15(11)23-18(24)13-5-7-21-8-6-13)22-19(25)16-9-12(2)17(28-16)20(26)27/h3-8,10,12,16-17H,9H2,1-2H3,(H,22,25)(H,23,24)(H,26,27)/t12-,16-,17-/m1/s1. The van der Waals surface area contributed by atoms with Gasteiger partial charge in [0.1, 0.15) is 6.10 Å². The summed E-state index contributed by atoms with van der Waals surface area (Å²) in [6, 6.07) is 8.35. The maximum absolute atomic E-state index is 12.4. The molecule has 2 aromatic rings. The number of hydrogen-bond acceptors (Lipinski definition) is 5. The second kappa shape index (κ2) is 8.18. The topological polar surface area (TPSA) is 118 Å². The van der Waals surface area contributed by atoms with Crippen LogP contribution in [0.15, 0.2) is 42.7 Å². The maximum atomic E-state index is 12.4. The van der Waals surface area contributed by atoms with Crippen LogP contribution in [0.3, 0.4) is 0 Å². The number of amides is 2. The van der Waals surface area contributed by atoms with Gasteiger partial charge in [-0.05, 0) is 49.1 Å². The van der Waals surface area contributed by atoms with Gasteiger partial charge in [-0.2, -0.15) is 0 Å². The number of rotatable bonds is 5. The Morgan fingerprint density at radius 1 is 1.14 bits per heavy atom. The van der Waals surface area contributed by atoms with Crippen LogP contribution in [-0.2, 0) is 14.3 Å². The number of ether oxygens (including phenoxy) is 1. The summed E-state index contributed by atoms with van der Waals surface area (Å²) in [4.78, 5) is 39.8. The molecule has 1 fully saturated rings. The SMILES string of the molecule is Cc1ccc(NC(=O)[C@H]2C[C@@H](C)[C@H](C(=O)O)O2)cc1NC(=O)c1ccncc1. The average Bonchev–Trinajstić information content (AvgIpc) is 3.07. The van der Waals surface area contributed by atoms with Crippen molar-refractivity contribution in [3.63, 3.8) is 0 Å². The Kier molecular flexibility index (Phi) is 5.70. The van der Waals surface area contributed by atoms with Crippen molar-refractivity contribution in [2.45, 2.75) is 32.5 Å². The first-order chi connectivity index (χ1) is 13.3. The second-order valence-corrected chi connectivity index (χ2v) is 6.81. The molecule has 1 aromatic carbocycles. The van der Waals surface area contributed by atoms with Crippen molar-refractivity contribution < 1.29 is 24.2 Å². The highest BCUT2D eigenvalue weighted by Gasteiger charge is 2.40. The number of aliphatic carboxylic acids is 1. The van der Waals surface area contributed by atoms with E-state index in [9.17, 15) is 14.4 Å². The van der Waals surface area contributed by atoms with Crippen molar-refractivity contribution in [3.8, 4) is 0 Å². The van der Waals surface area contributed by atoms with Crippen LogP contribution < -0.4 is 10.6 Å². The van der Waals surface area contributed by atoms with Gasteiger partial charge in [-0.1, -0.05) is 13.0 Å². The minimum absolute atomic E-state index is 0.249. The molecule has 3 atom stereocenters. The van der Waals surface area contributed by atoms with Gasteiger partial charge in [0.2, 0.25) is 0 Å². The Morgan fingerprint density at radius 3 is 2.50 bits per heavy atom. The number of carbonyl (C=O) groups excluding carboxylic acids is 2. The summed E-state index contributed by atoms with van der Waals surface area (Å²) >= 11 is 0. The maximum Gasteiger partial charge on any atom is 0.333 e. The summed E-state index contributed by atoms with van der Waals surface area (Å²) in [5.74, 6) is -2.02. The molecule has 8 heteroatoms. The van der Waals surface area contributed by atoms with Crippen molar-refractivity contribution >= 4 is 29.2 Å². The smallest absolute Gasteiger partial charge is 0.333 e. The molecule has 1 aromatic heterocycles.